The van der Waals surface area contributed by atoms with Gasteiger partial charge < -0.3 is 34.9 Å². The minimum absolute atomic E-state index is 0.0108. The van der Waals surface area contributed by atoms with Gasteiger partial charge in [-0.15, -0.1) is 0 Å². The van der Waals surface area contributed by atoms with Gasteiger partial charge in [-0.25, -0.2) is 9.59 Å². The lowest BCUT2D eigenvalue weighted by Crippen LogP contribution is -2.48. The molecule has 3 aliphatic heterocycles. The molecule has 4 aromatic carbocycles. The first kappa shape index (κ1) is 39.6. The number of carbonyl (C=O) groups excluding carboxylic acids is 2. The smallest absolute Gasteiger partial charge is 0.328 e. The molecule has 0 spiro atoms. The highest BCUT2D eigenvalue weighted by Gasteiger charge is 2.41. The van der Waals surface area contributed by atoms with Crippen LogP contribution < -0.4 is 10.6 Å². The Morgan fingerprint density at radius 2 is 1.54 bits per heavy atom. The second-order valence-electron chi connectivity index (χ2n) is 15.5. The zero-order valence-corrected chi connectivity index (χ0v) is 32.6. The predicted octanol–water partition coefficient (Wildman–Crippen LogP) is 6.78. The van der Waals surface area contributed by atoms with E-state index in [0.717, 1.165) is 58.6 Å². The molecule has 4 aromatic rings. The van der Waals surface area contributed by atoms with E-state index in [9.17, 15) is 14.7 Å². The molecule has 56 heavy (non-hydrogen) atoms. The number of amides is 2. The summed E-state index contributed by atoms with van der Waals surface area (Å²) < 4.78 is 18.6. The summed E-state index contributed by atoms with van der Waals surface area (Å²) in [5, 5.41) is 15.3. The Bertz CT molecular complexity index is 1870. The van der Waals surface area contributed by atoms with Crippen LogP contribution in [0, 0.1) is 5.92 Å². The van der Waals surface area contributed by atoms with Crippen molar-refractivity contribution in [2.75, 3.05) is 39.8 Å². The van der Waals surface area contributed by atoms with Gasteiger partial charge in [-0.3, -0.25) is 4.90 Å². The van der Waals surface area contributed by atoms with Crippen LogP contribution in [-0.2, 0) is 38.6 Å². The van der Waals surface area contributed by atoms with Crippen LogP contribution in [0.3, 0.4) is 0 Å². The molecule has 0 radical (unpaired) electrons. The van der Waals surface area contributed by atoms with Gasteiger partial charge in [-0.1, -0.05) is 104 Å². The molecule has 3 fully saturated rings. The molecule has 10 nitrogen and oxygen atoms in total. The number of methoxy groups -OCH3 is 1. The largest absolute Gasteiger partial charge is 0.467 e. The van der Waals surface area contributed by atoms with Crippen LogP contribution in [0.25, 0.3) is 11.1 Å². The zero-order chi connectivity index (χ0) is 38.9. The summed E-state index contributed by atoms with van der Waals surface area (Å²) in [5.74, 6) is -0.365. The standard InChI is InChI=1S/C46H56N4O6/c1-32-42(30-50-25-9-14-40(50)29-49-23-6-7-24-49)55-45(56-43(32)37-17-15-34(31-51)16-18-37)38-21-19-36(20-22-38)39-13-8-12-35(26-39)28-47-46(53)48-41(44(52)54-2)27-33-10-4-3-5-11-33/h3-5,8,10-13,15-22,26,32,40-43,45,51H,6-7,9,14,23-25,27-31H2,1-2H3,(H2,47,48,53)/t32-,40-,41-,42+,43+,45+/m0/s1. The van der Waals surface area contributed by atoms with Crippen LogP contribution in [0.4, 0.5) is 4.79 Å². The van der Waals surface area contributed by atoms with Gasteiger partial charge in [0.1, 0.15) is 6.04 Å². The third-order valence-electron chi connectivity index (χ3n) is 11.7. The van der Waals surface area contributed by atoms with Crippen LogP contribution >= 0.6 is 0 Å². The van der Waals surface area contributed by atoms with Crippen molar-refractivity contribution in [3.05, 3.63) is 131 Å². The first-order valence-electron chi connectivity index (χ1n) is 20.2. The van der Waals surface area contributed by atoms with Crippen molar-refractivity contribution in [3.8, 4) is 11.1 Å². The number of esters is 1. The van der Waals surface area contributed by atoms with Crippen molar-refractivity contribution >= 4 is 12.0 Å². The van der Waals surface area contributed by atoms with Crippen LogP contribution in [0.1, 0.15) is 72.8 Å². The summed E-state index contributed by atoms with van der Waals surface area (Å²) in [6, 6.07) is 33.4. The van der Waals surface area contributed by atoms with Crippen molar-refractivity contribution in [2.45, 2.75) is 82.8 Å². The summed E-state index contributed by atoms with van der Waals surface area (Å²) >= 11 is 0. The fourth-order valence-corrected chi connectivity index (χ4v) is 8.44. The van der Waals surface area contributed by atoms with Gasteiger partial charge in [0.05, 0.1) is 25.9 Å². The average Bonchev–Trinajstić information content (AvgIpc) is 3.93. The van der Waals surface area contributed by atoms with Crippen molar-refractivity contribution in [3.63, 3.8) is 0 Å². The van der Waals surface area contributed by atoms with Crippen molar-refractivity contribution < 1.29 is 28.9 Å². The summed E-state index contributed by atoms with van der Waals surface area (Å²) in [6.07, 6.45) is 4.70. The van der Waals surface area contributed by atoms with Crippen LogP contribution in [-0.4, -0.2) is 84.9 Å². The molecular formula is C46H56N4O6. The molecule has 3 aliphatic rings. The third kappa shape index (κ3) is 10.0. The SMILES string of the molecule is COC(=O)[C@H](Cc1ccccc1)NC(=O)NCc1cccc(-c2ccc([C@@H]3O[C@H](CN4CCC[C@H]4CN4CCCC4)[C@H](C)[C@H](c4ccc(CO)cc4)O3)cc2)c1. The molecule has 3 N–H and O–H groups in total. The number of benzene rings is 4. The van der Waals surface area contributed by atoms with E-state index in [4.69, 9.17) is 14.2 Å². The number of urea groups is 1. The Morgan fingerprint density at radius 3 is 2.27 bits per heavy atom. The highest BCUT2D eigenvalue weighted by molar-refractivity contribution is 5.83. The fourth-order valence-electron chi connectivity index (χ4n) is 8.44. The number of rotatable bonds is 14. The number of nitrogens with zero attached hydrogens (tertiary/aromatic N) is 2. The summed E-state index contributed by atoms with van der Waals surface area (Å²) in [6.45, 7) is 8.09. The second kappa shape index (κ2) is 19.0. The number of aliphatic hydroxyl groups is 1. The lowest BCUT2D eigenvalue weighted by atomic mass is 9.89. The molecule has 0 saturated carbocycles. The Labute approximate surface area is 331 Å². The number of carbonyl (C=O) groups is 2. The number of hydrogen-bond acceptors (Lipinski definition) is 8. The lowest BCUT2D eigenvalue weighted by Gasteiger charge is -2.43. The van der Waals surface area contributed by atoms with Crippen LogP contribution in [0.2, 0.25) is 0 Å². The molecule has 0 bridgehead atoms. The number of aliphatic hydroxyl groups excluding tert-OH is 1. The van der Waals surface area contributed by atoms with Crippen molar-refractivity contribution in [1.82, 2.24) is 20.4 Å². The minimum atomic E-state index is -0.804. The highest BCUT2D eigenvalue weighted by atomic mass is 16.7. The Balaban J connectivity index is 1.02. The molecule has 0 aliphatic carbocycles. The molecule has 0 aromatic heterocycles. The molecule has 7 rings (SSSR count). The molecule has 2 amide bonds. The van der Waals surface area contributed by atoms with E-state index < -0.39 is 24.3 Å². The van der Waals surface area contributed by atoms with Gasteiger partial charge in [-0.2, -0.15) is 0 Å². The maximum atomic E-state index is 12.9. The minimum Gasteiger partial charge on any atom is -0.467 e. The van der Waals surface area contributed by atoms with Gasteiger partial charge in [-0.05, 0) is 84.8 Å². The fraction of sp³-hybridized carbons (Fsp3) is 0.435. The van der Waals surface area contributed by atoms with Crippen molar-refractivity contribution in [2.24, 2.45) is 5.92 Å². The van der Waals surface area contributed by atoms with E-state index in [2.05, 4.69) is 75.9 Å². The molecule has 0 unspecified atom stereocenters. The maximum absolute atomic E-state index is 12.9. The van der Waals surface area contributed by atoms with Crippen molar-refractivity contribution in [1.29, 1.82) is 0 Å². The normalized spacial score (nSPS) is 23.4. The van der Waals surface area contributed by atoms with Gasteiger partial charge in [0, 0.05) is 43.6 Å². The van der Waals surface area contributed by atoms with Crippen LogP contribution in [0.5, 0.6) is 0 Å². The zero-order valence-electron chi connectivity index (χ0n) is 32.6. The van der Waals surface area contributed by atoms with E-state index in [1.807, 2.05) is 54.6 Å². The first-order chi connectivity index (χ1) is 27.4. The topological polar surface area (TPSA) is 113 Å². The molecule has 6 atom stereocenters. The molecule has 296 valence electrons. The van der Waals surface area contributed by atoms with E-state index >= 15 is 0 Å². The van der Waals surface area contributed by atoms with E-state index in [-0.39, 0.29) is 31.3 Å². The van der Waals surface area contributed by atoms with E-state index in [1.165, 1.54) is 45.9 Å². The lowest BCUT2D eigenvalue weighted by molar-refractivity contribution is -0.276. The summed E-state index contributed by atoms with van der Waals surface area (Å²) in [5.41, 5.74) is 6.84. The van der Waals surface area contributed by atoms with Gasteiger partial charge >= 0.3 is 12.0 Å². The molecular weight excluding hydrogens is 705 g/mol. The number of nitrogens with one attached hydrogen (secondary N) is 2. The highest BCUT2D eigenvalue weighted by Crippen LogP contribution is 2.42. The molecule has 3 saturated heterocycles. The third-order valence-corrected chi connectivity index (χ3v) is 11.7. The van der Waals surface area contributed by atoms with Crippen LogP contribution in [0.15, 0.2) is 103 Å². The Morgan fingerprint density at radius 1 is 0.804 bits per heavy atom. The van der Waals surface area contributed by atoms with E-state index in [0.29, 0.717) is 12.5 Å². The van der Waals surface area contributed by atoms with Gasteiger partial charge in [0.2, 0.25) is 0 Å². The predicted molar refractivity (Wildman–Crippen MR) is 216 cm³/mol. The van der Waals surface area contributed by atoms with E-state index in [1.54, 1.807) is 0 Å². The summed E-state index contributed by atoms with van der Waals surface area (Å²) in [7, 11) is 1.32. The maximum Gasteiger partial charge on any atom is 0.328 e. The number of likely N-dealkylation sites (tertiary alicyclic amines) is 2. The number of ether oxygens (including phenoxy) is 3. The number of hydrogen-bond donors (Lipinski definition) is 3. The summed E-state index contributed by atoms with van der Waals surface area (Å²) in [4.78, 5) is 30.6. The quantitative estimate of drug-likeness (QED) is 0.121. The molecule has 3 heterocycles. The Hall–Kier alpha value is -4.58. The monoisotopic (exact) mass is 760 g/mol. The first-order valence-corrected chi connectivity index (χ1v) is 20.2. The molecule has 10 heteroatoms. The van der Waals surface area contributed by atoms with Gasteiger partial charge in [0.15, 0.2) is 6.29 Å². The van der Waals surface area contributed by atoms with Gasteiger partial charge in [0.25, 0.3) is 0 Å². The second-order valence-corrected chi connectivity index (χ2v) is 15.5. The average molecular weight is 761 g/mol. The Kier molecular flexibility index (Phi) is 13.5.